The highest BCUT2D eigenvalue weighted by atomic mass is 32.3. The van der Waals surface area contributed by atoms with Crippen molar-refractivity contribution >= 4 is 32.9 Å². The number of hydrogen-bond donors (Lipinski definition) is 1. The van der Waals surface area contributed by atoms with E-state index in [4.69, 9.17) is 4.55 Å². The average Bonchev–Trinajstić information content (AvgIpc) is 2.63. The van der Waals surface area contributed by atoms with Gasteiger partial charge >= 0.3 is 22.6 Å². The molecule has 2 bridgehead atoms. The zero-order valence-corrected chi connectivity index (χ0v) is 13.8. The third-order valence-electron chi connectivity index (χ3n) is 3.53. The molecule has 0 aromatic carbocycles. The lowest BCUT2D eigenvalue weighted by atomic mass is 10.1. The minimum absolute atomic E-state index is 0.0751. The second-order valence-electron chi connectivity index (χ2n) is 5.28. The van der Waals surface area contributed by atoms with Crippen molar-refractivity contribution in [3.63, 3.8) is 0 Å². The number of amides is 3. The van der Waals surface area contributed by atoms with Crippen LogP contribution in [0.4, 0.5) is 18.0 Å². The normalized spacial score (nSPS) is 24.6. The second kappa shape index (κ2) is 6.26. The average molecular weight is 411 g/mol. The van der Waals surface area contributed by atoms with Crippen LogP contribution in [0, 0.1) is 0 Å². The van der Waals surface area contributed by atoms with Crippen LogP contribution in [0.15, 0.2) is 0 Å². The number of alkyl halides is 3. The van der Waals surface area contributed by atoms with E-state index in [0.29, 0.717) is 4.90 Å². The molecule has 0 radical (unpaired) electrons. The molecule has 2 fully saturated rings. The molecule has 0 unspecified atom stereocenters. The summed E-state index contributed by atoms with van der Waals surface area (Å²) < 4.78 is 95.0. The third kappa shape index (κ3) is 4.31. The van der Waals surface area contributed by atoms with Gasteiger partial charge in [0.2, 0.25) is 16.4 Å². The van der Waals surface area contributed by atoms with Gasteiger partial charge in [-0.3, -0.25) is 14.2 Å². The fourth-order valence-electron chi connectivity index (χ4n) is 2.68. The number of halogens is 3. The molecule has 2 atom stereocenters. The van der Waals surface area contributed by atoms with E-state index in [1.165, 1.54) is 0 Å². The standard InChI is InChI=1S/C9H12F3N3O8S2/c10-9(11,12)4-24(18,19)14(5-16)7-2-1-6-3-13(7)8(17)15(6)23-25(20,21)22/h5-7H,1-4H2,(H,20,21,22)/t6-,7+/m1/s1. The van der Waals surface area contributed by atoms with Crippen molar-refractivity contribution in [2.45, 2.75) is 31.2 Å². The van der Waals surface area contributed by atoms with Crippen LogP contribution in [-0.2, 0) is 29.5 Å². The Morgan fingerprint density at radius 1 is 1.28 bits per heavy atom. The highest BCUT2D eigenvalue weighted by molar-refractivity contribution is 7.89. The van der Waals surface area contributed by atoms with Crippen LogP contribution >= 0.6 is 0 Å². The summed E-state index contributed by atoms with van der Waals surface area (Å²) in [6.45, 7) is -0.301. The molecular formula is C9H12F3N3O8S2. The Balaban J connectivity index is 2.27. The van der Waals surface area contributed by atoms with E-state index in [1.54, 1.807) is 0 Å². The van der Waals surface area contributed by atoms with E-state index in [9.17, 15) is 39.6 Å². The van der Waals surface area contributed by atoms with Crippen molar-refractivity contribution in [2.75, 3.05) is 12.3 Å². The predicted molar refractivity (Wildman–Crippen MR) is 71.1 cm³/mol. The first kappa shape index (κ1) is 19.7. The lowest BCUT2D eigenvalue weighted by molar-refractivity contribution is -0.118. The number of carbonyl (C=O) groups is 2. The predicted octanol–water partition coefficient (Wildman–Crippen LogP) is -0.703. The molecule has 0 spiro atoms. The molecule has 2 aliphatic rings. The van der Waals surface area contributed by atoms with Crippen LogP contribution in [0.5, 0.6) is 0 Å². The molecule has 0 aliphatic carbocycles. The molecule has 16 heteroatoms. The molecule has 3 amide bonds. The van der Waals surface area contributed by atoms with Gasteiger partial charge in [-0.2, -0.15) is 26.7 Å². The Morgan fingerprint density at radius 2 is 1.88 bits per heavy atom. The van der Waals surface area contributed by atoms with Crippen LogP contribution in [0.2, 0.25) is 0 Å². The largest absolute Gasteiger partial charge is 0.418 e. The minimum atomic E-state index is -5.11. The van der Waals surface area contributed by atoms with Gasteiger partial charge in [0.15, 0.2) is 5.75 Å². The van der Waals surface area contributed by atoms with Crippen LogP contribution in [-0.4, -0.2) is 78.8 Å². The molecule has 2 rings (SSSR count). The maximum absolute atomic E-state index is 12.4. The van der Waals surface area contributed by atoms with Gasteiger partial charge in [-0.1, -0.05) is 0 Å². The van der Waals surface area contributed by atoms with E-state index >= 15 is 0 Å². The Morgan fingerprint density at radius 3 is 2.36 bits per heavy atom. The maximum Gasteiger partial charge on any atom is 0.418 e. The van der Waals surface area contributed by atoms with Gasteiger partial charge in [-0.15, -0.1) is 4.28 Å². The summed E-state index contributed by atoms with van der Waals surface area (Å²) >= 11 is 0. The second-order valence-corrected chi connectivity index (χ2v) is 8.16. The number of hydrogen-bond acceptors (Lipinski definition) is 7. The van der Waals surface area contributed by atoms with Crippen LogP contribution in [0.25, 0.3) is 0 Å². The first-order chi connectivity index (χ1) is 11.2. The van der Waals surface area contributed by atoms with Crippen molar-refractivity contribution in [1.29, 1.82) is 0 Å². The van der Waals surface area contributed by atoms with Crippen molar-refractivity contribution in [3.8, 4) is 0 Å². The summed E-state index contributed by atoms with van der Waals surface area (Å²) in [6.07, 6.45) is -7.33. The Hall–Kier alpha value is -1.65. The van der Waals surface area contributed by atoms with Crippen molar-refractivity contribution in [3.05, 3.63) is 0 Å². The van der Waals surface area contributed by atoms with Gasteiger partial charge in [-0.25, -0.2) is 17.5 Å². The number of piperidine rings is 1. The molecule has 144 valence electrons. The van der Waals surface area contributed by atoms with Crippen LogP contribution in [0.1, 0.15) is 12.8 Å². The van der Waals surface area contributed by atoms with Gasteiger partial charge in [0.05, 0.1) is 6.04 Å². The van der Waals surface area contributed by atoms with Gasteiger partial charge in [-0.05, 0) is 12.8 Å². The summed E-state index contributed by atoms with van der Waals surface area (Å²) in [4.78, 5) is 23.9. The van der Waals surface area contributed by atoms with E-state index in [2.05, 4.69) is 4.28 Å². The fourth-order valence-corrected chi connectivity index (χ4v) is 4.35. The van der Waals surface area contributed by atoms with E-state index in [1.807, 2.05) is 0 Å². The monoisotopic (exact) mass is 411 g/mol. The summed E-state index contributed by atoms with van der Waals surface area (Å²) in [6, 6.07) is -2.09. The van der Waals surface area contributed by atoms with Crippen LogP contribution in [0.3, 0.4) is 0 Å². The fraction of sp³-hybridized carbons (Fsp3) is 0.778. The lowest BCUT2D eigenvalue weighted by Gasteiger charge is -2.36. The summed E-state index contributed by atoms with van der Waals surface area (Å²) in [7, 11) is -10.2. The summed E-state index contributed by atoms with van der Waals surface area (Å²) in [5.41, 5.74) is 0. The first-order valence-electron chi connectivity index (χ1n) is 6.55. The quantitative estimate of drug-likeness (QED) is 0.447. The molecule has 2 aliphatic heterocycles. The zero-order chi connectivity index (χ0) is 19.2. The number of rotatable bonds is 6. The molecular weight excluding hydrogens is 399 g/mol. The van der Waals surface area contributed by atoms with Gasteiger partial charge in [0, 0.05) is 6.54 Å². The zero-order valence-electron chi connectivity index (χ0n) is 12.2. The summed E-state index contributed by atoms with van der Waals surface area (Å²) in [5, 5.41) is 0.273. The Bertz CT molecular complexity index is 767. The van der Waals surface area contributed by atoms with E-state index < -0.39 is 50.6 Å². The highest BCUT2D eigenvalue weighted by Crippen LogP contribution is 2.33. The topological polar surface area (TPSA) is 142 Å². The number of hydroxylamine groups is 2. The minimum Gasteiger partial charge on any atom is -0.299 e. The number of carbonyl (C=O) groups excluding carboxylic acids is 2. The molecule has 11 nitrogen and oxygen atoms in total. The molecule has 1 N–H and O–H groups in total. The smallest absolute Gasteiger partial charge is 0.299 e. The molecule has 2 heterocycles. The maximum atomic E-state index is 12.4. The van der Waals surface area contributed by atoms with Crippen molar-refractivity contribution in [1.82, 2.24) is 14.3 Å². The number of sulfonamides is 1. The van der Waals surface area contributed by atoms with E-state index in [-0.39, 0.29) is 35.2 Å². The van der Waals surface area contributed by atoms with Crippen molar-refractivity contribution < 1.29 is 48.4 Å². The third-order valence-corrected chi connectivity index (χ3v) is 5.54. The SMILES string of the molecule is O=CN([C@H]1CC[C@@H]2CN1C(=O)N2OS(=O)(=O)O)S(=O)(=O)CC(F)(F)F. The molecule has 2 saturated heterocycles. The number of fused-ring (bicyclic) bond motifs is 2. The van der Waals surface area contributed by atoms with E-state index in [0.717, 1.165) is 0 Å². The first-order valence-corrected chi connectivity index (χ1v) is 9.53. The molecule has 0 aromatic heterocycles. The van der Waals surface area contributed by atoms with Gasteiger partial charge in [0.1, 0.15) is 6.17 Å². The molecule has 25 heavy (non-hydrogen) atoms. The Kier molecular flexibility index (Phi) is 4.92. The van der Waals surface area contributed by atoms with Gasteiger partial charge < -0.3 is 0 Å². The molecule has 0 aromatic rings. The summed E-state index contributed by atoms with van der Waals surface area (Å²) in [5.74, 6) is -2.30. The Labute approximate surface area is 139 Å². The number of urea groups is 1. The van der Waals surface area contributed by atoms with Gasteiger partial charge in [0.25, 0.3) is 0 Å². The van der Waals surface area contributed by atoms with Crippen molar-refractivity contribution in [2.24, 2.45) is 0 Å². The highest BCUT2D eigenvalue weighted by Gasteiger charge is 2.51. The lowest BCUT2D eigenvalue weighted by Crippen LogP contribution is -2.54. The molecule has 0 saturated carbocycles. The number of nitrogens with zero attached hydrogens (tertiary/aromatic N) is 3. The van der Waals surface area contributed by atoms with Crippen LogP contribution < -0.4 is 0 Å².